The minimum atomic E-state index is -1.64. The average Bonchev–Trinajstić information content (AvgIpc) is 2.08. The summed E-state index contributed by atoms with van der Waals surface area (Å²) < 4.78 is 35.7. The fourth-order valence-corrected chi connectivity index (χ4v) is 10.7. The molecule has 1 aliphatic heterocycles. The zero-order valence-electron chi connectivity index (χ0n) is 53.8. The van der Waals surface area contributed by atoms with Crippen molar-refractivity contribution in [2.75, 3.05) is 28.2 Å². The Balaban J connectivity index is 1.24. The maximum absolute atomic E-state index is 15.1. The molecule has 3 heterocycles. The van der Waals surface area contributed by atoms with Crippen LogP contribution in [0.4, 0.5) is 0 Å². The highest BCUT2D eigenvalue weighted by Gasteiger charge is 2.43. The van der Waals surface area contributed by atoms with Crippen molar-refractivity contribution in [3.05, 3.63) is 94.3 Å². The SMILES string of the molecule is CC(C)CC[C@H]1C(=O)O[C@H](C)C(=O)N(C)[C@@H](CC(C)C)C(=O)O[C@H](Cc2ccc(C(O)c3nnc(C4CC4)o3)cc2)C(=O)N(C)[C@@H](CC(C)C)C(=O)O[C@H](C)C(=O)N(C)[C@@H](CC(C)C)C(=O)O[C@H](Cc2ccc(C(O)c3nnc(C4CC4)o3)cc2)C(=O)N1C. The van der Waals surface area contributed by atoms with Crippen molar-refractivity contribution in [1.29, 1.82) is 0 Å². The highest BCUT2D eigenvalue weighted by molar-refractivity contribution is 5.94. The van der Waals surface area contributed by atoms with Crippen LogP contribution in [0.25, 0.3) is 0 Å². The number of carbonyl (C=O) groups excluding carboxylic acids is 8. The van der Waals surface area contributed by atoms with E-state index in [1.54, 1.807) is 48.5 Å². The average molecular weight is 1240 g/mol. The van der Waals surface area contributed by atoms with Crippen molar-refractivity contribution in [2.24, 2.45) is 23.7 Å². The van der Waals surface area contributed by atoms with Gasteiger partial charge in [-0.15, -0.1) is 20.4 Å². The molecule has 2 aliphatic carbocycles. The van der Waals surface area contributed by atoms with E-state index in [-0.39, 0.29) is 85.8 Å². The highest BCUT2D eigenvalue weighted by atomic mass is 16.6. The van der Waals surface area contributed by atoms with Gasteiger partial charge in [0.25, 0.3) is 23.6 Å². The Hall–Kier alpha value is -7.60. The molecule has 0 spiro atoms. The molecule has 10 atom stereocenters. The number of ether oxygens (including phenoxy) is 4. The molecular weight excluding hydrogens is 1150 g/mol. The van der Waals surface area contributed by atoms with E-state index in [2.05, 4.69) is 20.4 Å². The van der Waals surface area contributed by atoms with Gasteiger partial charge in [0.2, 0.25) is 23.6 Å². The largest absolute Gasteiger partial charge is 0.451 e. The molecule has 0 bridgehead atoms. The number of hydrogen-bond donors (Lipinski definition) is 2. The summed E-state index contributed by atoms with van der Waals surface area (Å²) in [4.78, 5) is 123. The van der Waals surface area contributed by atoms with Gasteiger partial charge in [0.1, 0.15) is 24.2 Å². The van der Waals surface area contributed by atoms with E-state index in [0.29, 0.717) is 40.5 Å². The number of aliphatic hydroxyl groups excluding tert-OH is 2. The lowest BCUT2D eigenvalue weighted by atomic mass is 9.99. The lowest BCUT2D eigenvalue weighted by Gasteiger charge is -2.35. The van der Waals surface area contributed by atoms with Crippen molar-refractivity contribution in [3.8, 4) is 0 Å². The van der Waals surface area contributed by atoms with Gasteiger partial charge in [-0.3, -0.25) is 19.2 Å². The first kappa shape index (κ1) is 68.9. The summed E-state index contributed by atoms with van der Waals surface area (Å²) >= 11 is 0. The van der Waals surface area contributed by atoms with E-state index < -0.39 is 108 Å². The number of hydrogen-bond acceptors (Lipinski definition) is 20. The second kappa shape index (κ2) is 30.3. The lowest BCUT2D eigenvalue weighted by molar-refractivity contribution is -0.176. The molecule has 24 nitrogen and oxygen atoms in total. The molecule has 0 radical (unpaired) electrons. The summed E-state index contributed by atoms with van der Waals surface area (Å²) in [5.41, 5.74) is 1.75. The Morgan fingerprint density at radius 3 is 1.08 bits per heavy atom. The summed E-state index contributed by atoms with van der Waals surface area (Å²) in [6.45, 7) is 17.5. The topological polar surface area (TPSA) is 305 Å². The third kappa shape index (κ3) is 18.1. The minimum absolute atomic E-state index is 0.0143. The van der Waals surface area contributed by atoms with Gasteiger partial charge in [-0.1, -0.05) is 104 Å². The van der Waals surface area contributed by atoms with E-state index in [1.165, 1.54) is 42.0 Å². The van der Waals surface area contributed by atoms with E-state index in [0.717, 1.165) is 45.3 Å². The van der Waals surface area contributed by atoms with Gasteiger partial charge in [-0.25, -0.2) is 19.2 Å². The van der Waals surface area contributed by atoms with Crippen LogP contribution in [-0.2, 0) is 70.1 Å². The predicted octanol–water partition coefficient (Wildman–Crippen LogP) is 6.74. The van der Waals surface area contributed by atoms with Gasteiger partial charge in [-0.2, -0.15) is 0 Å². The molecule has 7 rings (SSSR count). The Labute approximate surface area is 520 Å². The number of esters is 4. The van der Waals surface area contributed by atoms with Crippen LogP contribution in [-0.4, -0.2) is 174 Å². The molecule has 2 unspecified atom stereocenters. The van der Waals surface area contributed by atoms with Crippen LogP contribution >= 0.6 is 0 Å². The molecule has 4 amide bonds. The molecule has 2 N–H and O–H groups in total. The maximum atomic E-state index is 15.1. The quantitative estimate of drug-likeness (QED) is 0.0725. The van der Waals surface area contributed by atoms with Gasteiger partial charge in [0, 0.05) is 52.9 Å². The summed E-state index contributed by atoms with van der Waals surface area (Å²) in [7, 11) is 5.42. The summed E-state index contributed by atoms with van der Waals surface area (Å²) in [6, 6.07) is 7.53. The molecule has 2 saturated carbocycles. The number of amides is 4. The zero-order chi connectivity index (χ0) is 65.3. The monoisotopic (exact) mass is 1240 g/mol. The third-order valence-electron chi connectivity index (χ3n) is 16.5. The molecule has 4 aromatic rings. The van der Waals surface area contributed by atoms with Crippen LogP contribution in [0.2, 0.25) is 0 Å². The molecule has 486 valence electrons. The normalized spacial score (nSPS) is 24.5. The number of likely N-dealkylation sites (N-methyl/N-ethyl adjacent to an activating group) is 4. The first-order chi connectivity index (χ1) is 42.0. The number of rotatable bonds is 19. The Bertz CT molecular complexity index is 3090. The summed E-state index contributed by atoms with van der Waals surface area (Å²) in [5.74, 6) is -6.58. The molecule has 3 fully saturated rings. The maximum Gasteiger partial charge on any atom is 0.329 e. The van der Waals surface area contributed by atoms with E-state index in [1.807, 2.05) is 55.4 Å². The highest BCUT2D eigenvalue weighted by Crippen LogP contribution is 2.41. The third-order valence-corrected chi connectivity index (χ3v) is 16.5. The fourth-order valence-electron chi connectivity index (χ4n) is 10.7. The van der Waals surface area contributed by atoms with Crippen molar-refractivity contribution in [2.45, 2.75) is 212 Å². The molecule has 89 heavy (non-hydrogen) atoms. The van der Waals surface area contributed by atoms with Crippen LogP contribution in [0.3, 0.4) is 0 Å². The standard InChI is InChI=1S/C65H90N8O16/c1-34(2)15-28-46-62(80)84-38(9)58(76)71(12)49(31-37(7)8)65(83)87-51(33-41-18-22-43(23-19-41)53(75)57-69-67-55(89-57)45-26-27-45)61(79)73(14)47(29-35(3)4)63(81)85-39(10)59(77)72(13)48(30-36(5)6)64(82)86-50(60(78)70(46)11)32-40-16-20-42(21-17-40)52(74)56-68-66-54(88-56)44-24-25-44/h16-23,34-39,44-53,74-75H,15,24-33H2,1-14H3/t38-,39-,46+,47+,48+,49+,50-,51-,52?,53?/m1/s1. The summed E-state index contributed by atoms with van der Waals surface area (Å²) in [5, 5.41) is 38.6. The van der Waals surface area contributed by atoms with Crippen molar-refractivity contribution in [3.63, 3.8) is 0 Å². The van der Waals surface area contributed by atoms with Crippen LogP contribution in [0, 0.1) is 23.7 Å². The Morgan fingerprint density at radius 2 is 0.753 bits per heavy atom. The number of aromatic nitrogens is 4. The minimum Gasteiger partial charge on any atom is -0.451 e. The number of cyclic esters (lactones) is 4. The fraction of sp³-hybridized carbons (Fsp3) is 0.631. The zero-order valence-corrected chi connectivity index (χ0v) is 53.8. The van der Waals surface area contributed by atoms with E-state index in [9.17, 15) is 39.0 Å². The Kier molecular flexibility index (Phi) is 23.4. The number of aliphatic hydroxyl groups is 2. The lowest BCUT2D eigenvalue weighted by Crippen LogP contribution is -2.54. The summed E-state index contributed by atoms with van der Waals surface area (Å²) in [6.07, 6.45) is -5.16. The number of nitrogens with zero attached hydrogens (tertiary/aromatic N) is 8. The number of benzene rings is 2. The van der Waals surface area contributed by atoms with Gasteiger partial charge in [0.15, 0.2) is 36.6 Å². The second-order valence-electron chi connectivity index (χ2n) is 25.9. The molecule has 2 aromatic heterocycles. The molecule has 24 heteroatoms. The molecule has 3 aliphatic rings. The molecule has 2 aromatic carbocycles. The van der Waals surface area contributed by atoms with Crippen molar-refractivity contribution in [1.82, 2.24) is 40.0 Å². The molecule has 1 saturated heterocycles. The first-order valence-electron chi connectivity index (χ1n) is 31.1. The first-order valence-corrected chi connectivity index (χ1v) is 31.1. The molecular formula is C65H90N8O16. The van der Waals surface area contributed by atoms with Crippen LogP contribution in [0.15, 0.2) is 57.4 Å². The van der Waals surface area contributed by atoms with Crippen molar-refractivity contribution >= 4 is 47.5 Å². The van der Waals surface area contributed by atoms with Gasteiger partial charge < -0.3 is 57.6 Å². The predicted molar refractivity (Wildman–Crippen MR) is 320 cm³/mol. The van der Waals surface area contributed by atoms with Gasteiger partial charge in [0.05, 0.1) is 0 Å². The van der Waals surface area contributed by atoms with E-state index >= 15 is 9.59 Å². The smallest absolute Gasteiger partial charge is 0.329 e. The van der Waals surface area contributed by atoms with Crippen LogP contribution in [0.1, 0.15) is 197 Å². The number of carbonyl (C=O) groups is 8. The van der Waals surface area contributed by atoms with E-state index in [4.69, 9.17) is 27.8 Å². The van der Waals surface area contributed by atoms with Gasteiger partial charge in [-0.05, 0) is 118 Å². The second-order valence-corrected chi connectivity index (χ2v) is 25.9. The van der Waals surface area contributed by atoms with Crippen LogP contribution < -0.4 is 0 Å². The van der Waals surface area contributed by atoms with Gasteiger partial charge >= 0.3 is 23.9 Å². The Morgan fingerprint density at radius 1 is 0.438 bits per heavy atom. The van der Waals surface area contributed by atoms with Crippen LogP contribution in [0.5, 0.6) is 0 Å². The van der Waals surface area contributed by atoms with Crippen molar-refractivity contribution < 1.29 is 76.4 Å².